The molecule has 3 nitrogen and oxygen atoms in total. The molecule has 0 unspecified atom stereocenters. The number of rotatable bonds is 2. The van der Waals surface area contributed by atoms with Crippen LogP contribution in [0.5, 0.6) is 0 Å². The van der Waals surface area contributed by atoms with Crippen molar-refractivity contribution in [2.75, 3.05) is 11.1 Å². The Morgan fingerprint density at radius 3 is 2.47 bits per heavy atom. The molecule has 2 rings (SSSR count). The number of carbonyl (C=O) groups is 1. The highest BCUT2D eigenvalue weighted by atomic mass is 35.5. The summed E-state index contributed by atoms with van der Waals surface area (Å²) in [5.41, 5.74) is 6.41. The smallest absolute Gasteiger partial charge is 0.255 e. The maximum Gasteiger partial charge on any atom is 0.255 e. The molecule has 3 N–H and O–H groups in total. The van der Waals surface area contributed by atoms with Crippen LogP contribution >= 0.6 is 23.2 Å². The van der Waals surface area contributed by atoms with Crippen molar-refractivity contribution in [3.8, 4) is 0 Å². The molecule has 2 aromatic rings. The molecule has 0 atom stereocenters. The topological polar surface area (TPSA) is 55.1 Å². The Labute approximate surface area is 119 Å². The average molecular weight is 299 g/mol. The highest BCUT2D eigenvalue weighted by Crippen LogP contribution is 2.24. The number of hydrogen-bond donors (Lipinski definition) is 2. The second-order valence-corrected chi connectivity index (χ2v) is 4.63. The van der Waals surface area contributed by atoms with E-state index in [1.54, 1.807) is 0 Å². The lowest BCUT2D eigenvalue weighted by molar-refractivity contribution is 0.102. The predicted octanol–water partition coefficient (Wildman–Crippen LogP) is 3.97. The first-order valence-electron chi connectivity index (χ1n) is 5.29. The molecule has 0 bridgehead atoms. The highest BCUT2D eigenvalue weighted by Gasteiger charge is 2.10. The van der Waals surface area contributed by atoms with E-state index in [0.717, 1.165) is 6.07 Å². The Bertz CT molecular complexity index is 647. The zero-order chi connectivity index (χ0) is 14.0. The molecule has 0 heterocycles. The van der Waals surface area contributed by atoms with Gasteiger partial charge in [-0.25, -0.2) is 4.39 Å². The molecule has 19 heavy (non-hydrogen) atoms. The molecule has 0 saturated heterocycles. The van der Waals surface area contributed by atoms with Gasteiger partial charge in [0.25, 0.3) is 5.91 Å². The molecule has 0 aliphatic heterocycles. The molecule has 0 aliphatic rings. The lowest BCUT2D eigenvalue weighted by atomic mass is 10.2. The van der Waals surface area contributed by atoms with Gasteiger partial charge in [-0.3, -0.25) is 4.79 Å². The third-order valence-corrected chi connectivity index (χ3v) is 3.18. The van der Waals surface area contributed by atoms with Crippen molar-refractivity contribution >= 4 is 40.5 Å². The molecule has 1 amide bonds. The molecule has 0 aromatic heterocycles. The molecule has 0 saturated carbocycles. The van der Waals surface area contributed by atoms with Gasteiger partial charge in [-0.2, -0.15) is 0 Å². The number of amides is 1. The third kappa shape index (κ3) is 3.16. The van der Waals surface area contributed by atoms with Crippen LogP contribution in [-0.4, -0.2) is 5.91 Å². The fraction of sp³-hybridized carbons (Fsp3) is 0. The van der Waals surface area contributed by atoms with E-state index in [0.29, 0.717) is 16.3 Å². The number of carbonyl (C=O) groups excluding carboxylic acids is 1. The predicted molar refractivity (Wildman–Crippen MR) is 75.2 cm³/mol. The van der Waals surface area contributed by atoms with Crippen LogP contribution in [-0.2, 0) is 0 Å². The maximum atomic E-state index is 12.9. The summed E-state index contributed by atoms with van der Waals surface area (Å²) >= 11 is 11.6. The van der Waals surface area contributed by atoms with Crippen molar-refractivity contribution in [3.63, 3.8) is 0 Å². The Morgan fingerprint density at radius 1 is 1.11 bits per heavy atom. The minimum absolute atomic E-state index is 0.147. The Kier molecular flexibility index (Phi) is 3.93. The van der Waals surface area contributed by atoms with E-state index in [1.165, 1.54) is 30.3 Å². The van der Waals surface area contributed by atoms with Crippen LogP contribution < -0.4 is 11.1 Å². The van der Waals surface area contributed by atoms with E-state index < -0.39 is 11.7 Å². The van der Waals surface area contributed by atoms with Gasteiger partial charge in [0.1, 0.15) is 5.82 Å². The normalized spacial score (nSPS) is 10.3. The summed E-state index contributed by atoms with van der Waals surface area (Å²) in [7, 11) is 0. The Balaban J connectivity index is 2.23. The standard InChI is InChI=1S/C13H9Cl2FN2O/c14-9-3-1-7(5-10(9)15)13(19)18-12-4-2-8(16)6-11(12)17/h1-6H,17H2,(H,18,19). The minimum Gasteiger partial charge on any atom is -0.397 e. The summed E-state index contributed by atoms with van der Waals surface area (Å²) in [6.07, 6.45) is 0. The van der Waals surface area contributed by atoms with E-state index in [1.807, 2.05) is 0 Å². The van der Waals surface area contributed by atoms with Crippen molar-refractivity contribution < 1.29 is 9.18 Å². The van der Waals surface area contributed by atoms with Crippen molar-refractivity contribution in [2.24, 2.45) is 0 Å². The number of nitrogens with two attached hydrogens (primary N) is 1. The fourth-order valence-corrected chi connectivity index (χ4v) is 1.78. The van der Waals surface area contributed by atoms with E-state index in [2.05, 4.69) is 5.32 Å². The first-order chi connectivity index (χ1) is 8.97. The van der Waals surface area contributed by atoms with Crippen LogP contribution in [0.2, 0.25) is 10.0 Å². The monoisotopic (exact) mass is 298 g/mol. The van der Waals surface area contributed by atoms with Crippen LogP contribution in [0.1, 0.15) is 10.4 Å². The largest absolute Gasteiger partial charge is 0.397 e. The summed E-state index contributed by atoms with van der Waals surface area (Å²) < 4.78 is 12.9. The quantitative estimate of drug-likeness (QED) is 0.824. The van der Waals surface area contributed by atoms with Crippen LogP contribution in [0.4, 0.5) is 15.8 Å². The number of benzene rings is 2. The first-order valence-corrected chi connectivity index (χ1v) is 6.04. The minimum atomic E-state index is -0.468. The van der Waals surface area contributed by atoms with Gasteiger partial charge in [0, 0.05) is 5.56 Å². The zero-order valence-corrected chi connectivity index (χ0v) is 11.1. The van der Waals surface area contributed by atoms with E-state index >= 15 is 0 Å². The maximum absolute atomic E-state index is 12.9. The van der Waals surface area contributed by atoms with Gasteiger partial charge in [0.2, 0.25) is 0 Å². The molecule has 98 valence electrons. The number of anilines is 2. The van der Waals surface area contributed by atoms with E-state index in [4.69, 9.17) is 28.9 Å². The molecule has 0 aliphatic carbocycles. The molecule has 6 heteroatoms. The Hall–Kier alpha value is -1.78. The van der Waals surface area contributed by atoms with Gasteiger partial charge in [-0.1, -0.05) is 23.2 Å². The van der Waals surface area contributed by atoms with Crippen molar-refractivity contribution in [3.05, 3.63) is 57.8 Å². The molecule has 2 aromatic carbocycles. The van der Waals surface area contributed by atoms with Crippen molar-refractivity contribution in [2.45, 2.75) is 0 Å². The molecule has 0 spiro atoms. The van der Waals surface area contributed by atoms with Crippen LogP contribution in [0, 0.1) is 5.82 Å². The van der Waals surface area contributed by atoms with Gasteiger partial charge < -0.3 is 11.1 Å². The van der Waals surface area contributed by atoms with Crippen molar-refractivity contribution in [1.82, 2.24) is 0 Å². The third-order valence-electron chi connectivity index (χ3n) is 2.44. The van der Waals surface area contributed by atoms with Crippen LogP contribution in [0.3, 0.4) is 0 Å². The second kappa shape index (κ2) is 5.47. The number of nitrogens with one attached hydrogen (secondary N) is 1. The second-order valence-electron chi connectivity index (χ2n) is 3.81. The number of halogens is 3. The number of nitrogen functional groups attached to an aromatic ring is 1. The van der Waals surface area contributed by atoms with Gasteiger partial charge in [0.15, 0.2) is 0 Å². The van der Waals surface area contributed by atoms with Crippen LogP contribution in [0.25, 0.3) is 0 Å². The zero-order valence-electron chi connectivity index (χ0n) is 9.58. The summed E-state index contributed by atoms with van der Waals surface area (Å²) in [5, 5.41) is 3.21. The lowest BCUT2D eigenvalue weighted by Gasteiger charge is -2.08. The summed E-state index contributed by atoms with van der Waals surface area (Å²) in [6.45, 7) is 0. The van der Waals surface area contributed by atoms with Crippen LogP contribution in [0.15, 0.2) is 36.4 Å². The van der Waals surface area contributed by atoms with E-state index in [-0.39, 0.29) is 10.7 Å². The van der Waals surface area contributed by atoms with Crippen molar-refractivity contribution in [1.29, 1.82) is 0 Å². The van der Waals surface area contributed by atoms with Gasteiger partial charge >= 0.3 is 0 Å². The molecule has 0 fully saturated rings. The molecular formula is C13H9Cl2FN2O. The number of hydrogen-bond acceptors (Lipinski definition) is 2. The Morgan fingerprint density at radius 2 is 1.84 bits per heavy atom. The average Bonchev–Trinajstić information content (AvgIpc) is 2.36. The summed E-state index contributed by atoms with van der Waals surface area (Å²) in [5.74, 6) is -0.873. The summed E-state index contributed by atoms with van der Waals surface area (Å²) in [6, 6.07) is 8.22. The SMILES string of the molecule is Nc1cc(F)ccc1NC(=O)c1ccc(Cl)c(Cl)c1. The van der Waals surface area contributed by atoms with Gasteiger partial charge in [-0.15, -0.1) is 0 Å². The van der Waals surface area contributed by atoms with Gasteiger partial charge in [-0.05, 0) is 36.4 Å². The first kappa shape index (κ1) is 13.6. The summed E-state index contributed by atoms with van der Waals surface area (Å²) in [4.78, 5) is 12.0. The van der Waals surface area contributed by atoms with E-state index in [9.17, 15) is 9.18 Å². The molecule has 0 radical (unpaired) electrons. The highest BCUT2D eigenvalue weighted by molar-refractivity contribution is 6.42. The lowest BCUT2D eigenvalue weighted by Crippen LogP contribution is -2.13. The molecular weight excluding hydrogens is 290 g/mol. The fourth-order valence-electron chi connectivity index (χ4n) is 1.48. The van der Waals surface area contributed by atoms with Gasteiger partial charge in [0.05, 0.1) is 21.4 Å².